The van der Waals surface area contributed by atoms with Crippen LogP contribution in [0, 0.1) is 39.5 Å². The van der Waals surface area contributed by atoms with E-state index in [1.54, 1.807) is 24.3 Å². The van der Waals surface area contributed by atoms with E-state index in [-0.39, 0.29) is 11.6 Å². The summed E-state index contributed by atoms with van der Waals surface area (Å²) in [5.41, 5.74) is 8.67. The highest BCUT2D eigenvalue weighted by atomic mass is 16.1. The van der Waals surface area contributed by atoms with E-state index in [2.05, 4.69) is 61.5 Å². The van der Waals surface area contributed by atoms with E-state index in [1.807, 2.05) is 24.4 Å². The van der Waals surface area contributed by atoms with Crippen molar-refractivity contribution in [1.82, 2.24) is 4.57 Å². The molecule has 2 aromatic carbocycles. The summed E-state index contributed by atoms with van der Waals surface area (Å²) in [6.45, 7) is 8.42. The molecule has 0 radical (unpaired) electrons. The highest BCUT2D eigenvalue weighted by Gasteiger charge is 2.40. The van der Waals surface area contributed by atoms with E-state index < -0.39 is 11.8 Å². The monoisotopic (exact) mass is 434 g/mol. The van der Waals surface area contributed by atoms with Crippen molar-refractivity contribution in [3.8, 4) is 5.69 Å². The lowest BCUT2D eigenvalue weighted by molar-refractivity contribution is 0.0801. The minimum Gasteiger partial charge on any atom is -0.318 e. The maximum absolute atomic E-state index is 13.0. The van der Waals surface area contributed by atoms with Crippen LogP contribution in [0.2, 0.25) is 0 Å². The molecule has 4 nitrogen and oxygen atoms in total. The Labute approximate surface area is 194 Å². The molecule has 1 aromatic heterocycles. The van der Waals surface area contributed by atoms with Crippen molar-refractivity contribution < 1.29 is 9.59 Å². The number of ketones is 2. The van der Waals surface area contributed by atoms with Gasteiger partial charge in [0.1, 0.15) is 0 Å². The summed E-state index contributed by atoms with van der Waals surface area (Å²) in [5.74, 6) is -0.948. The number of rotatable bonds is 3. The second-order valence-electron chi connectivity index (χ2n) is 8.96. The van der Waals surface area contributed by atoms with Crippen molar-refractivity contribution in [2.24, 2.45) is 16.8 Å². The smallest absolute Gasteiger partial charge is 0.171 e. The number of carbonyl (C=O) groups is 2. The first-order valence-electron chi connectivity index (χ1n) is 11.2. The number of carbonyl (C=O) groups excluding carboxylic acids is 2. The van der Waals surface area contributed by atoms with Crippen molar-refractivity contribution in [3.63, 3.8) is 0 Å². The number of Topliss-reactive ketones (excluding diaryl/α,β-unsaturated/α-hetero) is 2. The highest BCUT2D eigenvalue weighted by Crippen LogP contribution is 2.35. The van der Waals surface area contributed by atoms with Gasteiger partial charge in [0, 0.05) is 40.0 Å². The van der Waals surface area contributed by atoms with Gasteiger partial charge in [0.05, 0.1) is 17.5 Å². The van der Waals surface area contributed by atoms with E-state index in [0.717, 1.165) is 22.6 Å². The first-order valence-corrected chi connectivity index (χ1v) is 11.2. The Morgan fingerprint density at radius 2 is 1.55 bits per heavy atom. The molecule has 33 heavy (non-hydrogen) atoms. The molecule has 2 aliphatic carbocycles. The highest BCUT2D eigenvalue weighted by molar-refractivity contribution is 6.17. The van der Waals surface area contributed by atoms with Crippen LogP contribution in [0.3, 0.4) is 0 Å². The van der Waals surface area contributed by atoms with Gasteiger partial charge in [-0.05, 0) is 69.2 Å². The van der Waals surface area contributed by atoms with Crippen LogP contribution in [0.1, 0.15) is 48.8 Å². The van der Waals surface area contributed by atoms with Gasteiger partial charge in [-0.25, -0.2) is 0 Å². The Kier molecular flexibility index (Phi) is 5.09. The summed E-state index contributed by atoms with van der Waals surface area (Å²) in [6, 6.07) is 15.7. The summed E-state index contributed by atoms with van der Waals surface area (Å²) in [5, 5.41) is 0. The lowest BCUT2D eigenvalue weighted by atomic mass is 9.72. The molecule has 0 saturated heterocycles. The molecule has 0 spiro atoms. The second kappa shape index (κ2) is 7.96. The molecule has 0 amide bonds. The Balaban J connectivity index is 1.45. The van der Waals surface area contributed by atoms with Gasteiger partial charge in [-0.3, -0.25) is 14.6 Å². The van der Waals surface area contributed by atoms with Crippen LogP contribution < -0.4 is 0 Å². The van der Waals surface area contributed by atoms with Crippen LogP contribution in [0.15, 0.2) is 77.4 Å². The number of aromatic nitrogens is 1. The Bertz CT molecular complexity index is 1400. The quantitative estimate of drug-likeness (QED) is 0.482. The van der Waals surface area contributed by atoms with Crippen molar-refractivity contribution in [3.05, 3.63) is 112 Å². The van der Waals surface area contributed by atoms with Crippen molar-refractivity contribution in [1.29, 1.82) is 0 Å². The summed E-state index contributed by atoms with van der Waals surface area (Å²) < 4.78 is 2.23. The maximum atomic E-state index is 13.0. The third-order valence-electron chi connectivity index (χ3n) is 6.85. The third-order valence-corrected chi connectivity index (χ3v) is 6.85. The minimum atomic E-state index is -0.493. The van der Waals surface area contributed by atoms with Gasteiger partial charge < -0.3 is 4.57 Å². The Morgan fingerprint density at radius 3 is 2.24 bits per heavy atom. The van der Waals surface area contributed by atoms with Gasteiger partial charge in [0.15, 0.2) is 11.6 Å². The molecule has 5 rings (SSSR count). The number of nitrogens with zero attached hydrogens (tertiary/aromatic N) is 2. The average Bonchev–Trinajstić information content (AvgIpc) is 3.10. The predicted octanol–water partition coefficient (Wildman–Crippen LogP) is 5.90. The molecule has 3 aromatic rings. The molecular formula is C29H26N2O2. The number of benzene rings is 2. The van der Waals surface area contributed by atoms with Crippen molar-refractivity contribution in [2.45, 2.75) is 27.7 Å². The predicted molar refractivity (Wildman–Crippen MR) is 132 cm³/mol. The Hall–Kier alpha value is -3.79. The molecule has 0 N–H and O–H groups in total. The number of hydrogen-bond acceptors (Lipinski definition) is 3. The fourth-order valence-electron chi connectivity index (χ4n) is 4.84. The first-order chi connectivity index (χ1) is 15.8. The first kappa shape index (κ1) is 21.1. The minimum absolute atomic E-state index is 0.00247. The number of aryl methyl sites for hydroxylation is 3. The second-order valence-corrected chi connectivity index (χ2v) is 8.96. The lowest BCUT2D eigenvalue weighted by Gasteiger charge is -2.28. The molecule has 2 atom stereocenters. The normalized spacial score (nSPS) is 19.6. The van der Waals surface area contributed by atoms with Gasteiger partial charge in [-0.15, -0.1) is 0 Å². The zero-order valence-corrected chi connectivity index (χ0v) is 19.3. The molecule has 0 saturated carbocycles. The summed E-state index contributed by atoms with van der Waals surface area (Å²) >= 11 is 0. The van der Waals surface area contributed by atoms with Gasteiger partial charge >= 0.3 is 0 Å². The third kappa shape index (κ3) is 3.52. The molecule has 0 aliphatic heterocycles. The zero-order chi connectivity index (χ0) is 23.3. The van der Waals surface area contributed by atoms with Gasteiger partial charge in [0.25, 0.3) is 0 Å². The molecule has 164 valence electrons. The number of hydrogen-bond donors (Lipinski definition) is 0. The largest absolute Gasteiger partial charge is 0.318 e. The fourth-order valence-corrected chi connectivity index (χ4v) is 4.84. The molecule has 0 bridgehead atoms. The lowest BCUT2D eigenvalue weighted by Crippen LogP contribution is -2.35. The topological polar surface area (TPSA) is 51.4 Å². The van der Waals surface area contributed by atoms with Gasteiger partial charge in [0.2, 0.25) is 0 Å². The summed E-state index contributed by atoms with van der Waals surface area (Å²) in [7, 11) is 0. The average molecular weight is 435 g/mol. The van der Waals surface area contributed by atoms with Gasteiger partial charge in [-0.2, -0.15) is 0 Å². The molecular weight excluding hydrogens is 408 g/mol. The van der Waals surface area contributed by atoms with Crippen LogP contribution >= 0.6 is 0 Å². The number of fused-ring (bicyclic) bond motifs is 2. The van der Waals surface area contributed by atoms with Crippen molar-refractivity contribution in [2.75, 3.05) is 0 Å². The zero-order valence-electron chi connectivity index (χ0n) is 19.3. The SMILES string of the molecule is Cc1ccc(-n2c(C)cc(C=NC3=C[C@@H]4C(=O)c5ccccc5C(=O)[C@H]4C=C3)c2C)cc1C. The molecule has 2 aliphatic rings. The van der Waals surface area contributed by atoms with Crippen LogP contribution in [-0.2, 0) is 0 Å². The van der Waals surface area contributed by atoms with E-state index in [9.17, 15) is 9.59 Å². The van der Waals surface area contributed by atoms with Crippen molar-refractivity contribution >= 4 is 17.8 Å². The van der Waals surface area contributed by atoms with E-state index in [0.29, 0.717) is 16.8 Å². The molecule has 1 heterocycles. The van der Waals surface area contributed by atoms with Crippen LogP contribution in [0.4, 0.5) is 0 Å². The van der Waals surface area contributed by atoms with E-state index >= 15 is 0 Å². The standard InChI is InChI=1S/C29H26N2O2/c1-17-9-11-23(13-18(17)2)31-19(3)14-21(20(31)4)16-30-22-10-12-26-27(15-22)29(33)25-8-6-5-7-24(25)28(26)32/h5-16,26-27H,1-4H3/t26-,27-/m0/s1. The van der Waals surface area contributed by atoms with Crippen LogP contribution in [0.25, 0.3) is 5.69 Å². The van der Waals surface area contributed by atoms with Crippen LogP contribution in [0.5, 0.6) is 0 Å². The van der Waals surface area contributed by atoms with Gasteiger partial charge in [-0.1, -0.05) is 36.4 Å². The summed E-state index contributed by atoms with van der Waals surface area (Å²) in [6.07, 6.45) is 7.35. The van der Waals surface area contributed by atoms with Crippen LogP contribution in [-0.4, -0.2) is 22.3 Å². The number of aliphatic imine (C=N–C) groups is 1. The maximum Gasteiger partial charge on any atom is 0.171 e. The van der Waals surface area contributed by atoms with E-state index in [1.165, 1.54) is 11.1 Å². The fraction of sp³-hybridized carbons (Fsp3) is 0.207. The van der Waals surface area contributed by atoms with E-state index in [4.69, 9.17) is 0 Å². The Morgan fingerprint density at radius 1 is 0.848 bits per heavy atom. The molecule has 0 unspecified atom stereocenters. The number of allylic oxidation sites excluding steroid dienone is 3. The molecule has 0 fully saturated rings. The molecule has 4 heteroatoms. The summed E-state index contributed by atoms with van der Waals surface area (Å²) in [4.78, 5) is 30.6.